The van der Waals surface area contributed by atoms with Crippen molar-refractivity contribution in [2.45, 2.75) is 12.5 Å². The van der Waals surface area contributed by atoms with Gasteiger partial charge < -0.3 is 5.73 Å². The average molecular weight is 445 g/mol. The third-order valence-electron chi connectivity index (χ3n) is 4.52. The van der Waals surface area contributed by atoms with Crippen LogP contribution >= 0.6 is 11.3 Å². The smallest absolute Gasteiger partial charge is 0.273 e. The fourth-order valence-corrected chi connectivity index (χ4v) is 3.72. The number of aromatic nitrogens is 1. The number of primary amides is 1. The molecule has 0 radical (unpaired) electrons. The van der Waals surface area contributed by atoms with E-state index in [0.29, 0.717) is 5.69 Å². The lowest BCUT2D eigenvalue weighted by atomic mass is 10.1. The number of anilines is 2. The topological polar surface area (TPSA) is 101 Å². The van der Waals surface area contributed by atoms with Crippen LogP contribution in [0.3, 0.4) is 0 Å². The van der Waals surface area contributed by atoms with Crippen molar-refractivity contribution in [2.75, 3.05) is 10.3 Å². The Hall–Kier alpha value is -3.73. The van der Waals surface area contributed by atoms with E-state index >= 15 is 0 Å². The van der Waals surface area contributed by atoms with Crippen molar-refractivity contribution in [1.82, 2.24) is 4.98 Å². The number of carbonyl (C=O) groups excluding carboxylic acids is 2. The molecule has 4 rings (SSSR count). The molecule has 2 amide bonds. The van der Waals surface area contributed by atoms with E-state index in [1.165, 1.54) is 34.7 Å². The summed E-state index contributed by atoms with van der Waals surface area (Å²) in [5.74, 6) is -3.06. The first-order chi connectivity index (χ1) is 14.8. The quantitative estimate of drug-likeness (QED) is 0.629. The van der Waals surface area contributed by atoms with Gasteiger partial charge in [-0.2, -0.15) is 5.10 Å². The largest absolute Gasteiger partial charge is 0.368 e. The van der Waals surface area contributed by atoms with Crippen LogP contribution in [0.1, 0.15) is 6.42 Å². The number of nitrogens with one attached hydrogen (secondary N) is 1. The van der Waals surface area contributed by atoms with Crippen molar-refractivity contribution >= 4 is 39.7 Å². The molecule has 1 unspecified atom stereocenters. The van der Waals surface area contributed by atoms with Crippen LogP contribution in [0.25, 0.3) is 11.3 Å². The van der Waals surface area contributed by atoms with Gasteiger partial charge in [-0.15, -0.1) is 11.3 Å². The summed E-state index contributed by atoms with van der Waals surface area (Å²) in [5.41, 5.74) is 5.96. The van der Waals surface area contributed by atoms with Crippen LogP contribution in [0.5, 0.6) is 0 Å². The maximum Gasteiger partial charge on any atom is 0.273 e. The van der Waals surface area contributed by atoms with Crippen molar-refractivity contribution < 1.29 is 22.8 Å². The Balaban J connectivity index is 1.54. The molecule has 2 aromatic carbocycles. The van der Waals surface area contributed by atoms with Gasteiger partial charge in [0.1, 0.15) is 29.2 Å². The molecule has 1 aliphatic rings. The summed E-state index contributed by atoms with van der Waals surface area (Å²) in [6, 6.07) is 7.30. The first kappa shape index (κ1) is 20.5. The molecule has 158 valence electrons. The summed E-state index contributed by atoms with van der Waals surface area (Å²) in [6.07, 6.45) is -0.0602. The number of hydrogen-bond donors (Lipinski definition) is 2. The maximum absolute atomic E-state index is 13.9. The van der Waals surface area contributed by atoms with E-state index in [1.807, 2.05) is 0 Å². The fraction of sp³-hybridized carbons (Fsp3) is 0.100. The van der Waals surface area contributed by atoms with Crippen LogP contribution in [0.2, 0.25) is 0 Å². The van der Waals surface area contributed by atoms with E-state index < -0.39 is 35.3 Å². The summed E-state index contributed by atoms with van der Waals surface area (Å²) >= 11 is 1.02. The number of carbonyl (C=O) groups is 2. The highest BCUT2D eigenvalue weighted by molar-refractivity contribution is 7.14. The number of nitrogens with two attached hydrogens (primary N) is 1. The number of thiazole rings is 1. The summed E-state index contributed by atoms with van der Waals surface area (Å²) in [7, 11) is 0. The lowest BCUT2D eigenvalue weighted by molar-refractivity contribution is -0.119. The Morgan fingerprint density at radius 2 is 1.81 bits per heavy atom. The van der Waals surface area contributed by atoms with E-state index in [-0.39, 0.29) is 28.5 Å². The van der Waals surface area contributed by atoms with Crippen LogP contribution in [0, 0.1) is 17.5 Å². The van der Waals surface area contributed by atoms with Crippen molar-refractivity contribution in [2.24, 2.45) is 10.8 Å². The van der Waals surface area contributed by atoms with Gasteiger partial charge in [0.2, 0.25) is 5.91 Å². The van der Waals surface area contributed by atoms with E-state index in [4.69, 9.17) is 5.73 Å². The van der Waals surface area contributed by atoms with Crippen LogP contribution in [-0.4, -0.2) is 28.6 Å². The minimum Gasteiger partial charge on any atom is -0.368 e. The molecule has 0 bridgehead atoms. The fourth-order valence-electron chi connectivity index (χ4n) is 3.02. The van der Waals surface area contributed by atoms with Crippen molar-refractivity contribution in [3.63, 3.8) is 0 Å². The third-order valence-corrected chi connectivity index (χ3v) is 5.28. The van der Waals surface area contributed by atoms with E-state index in [0.717, 1.165) is 29.5 Å². The lowest BCUT2D eigenvalue weighted by Crippen LogP contribution is -2.39. The molecule has 0 saturated heterocycles. The molecule has 2 heterocycles. The molecule has 31 heavy (non-hydrogen) atoms. The second-order valence-corrected chi connectivity index (χ2v) is 7.46. The standard InChI is InChI=1S/C20H14F3N5O2S/c21-10-1-4-12(5-2-10)28-17(18(24)29)8-15(27-28)19(30)26-20-25-16(9-31-20)13-7-11(22)3-6-14(13)23/h1-7,9,17H,8H2,(H2,24,29)(H,25,26,30). The molecule has 3 aromatic rings. The van der Waals surface area contributed by atoms with Gasteiger partial charge in [-0.3, -0.25) is 19.9 Å². The van der Waals surface area contributed by atoms with Crippen LogP contribution in [0.15, 0.2) is 52.9 Å². The Kier molecular flexibility index (Phi) is 5.42. The Morgan fingerprint density at radius 3 is 2.52 bits per heavy atom. The highest BCUT2D eigenvalue weighted by Gasteiger charge is 2.35. The highest BCUT2D eigenvalue weighted by Crippen LogP contribution is 2.29. The van der Waals surface area contributed by atoms with Crippen molar-refractivity contribution in [3.8, 4) is 11.3 Å². The average Bonchev–Trinajstić information content (AvgIpc) is 3.38. The first-order valence-corrected chi connectivity index (χ1v) is 9.83. The SMILES string of the molecule is NC(=O)C1CC(C(=O)Nc2nc(-c3cc(F)ccc3F)cs2)=NN1c1ccc(F)cc1. The molecule has 11 heteroatoms. The number of benzene rings is 2. The predicted octanol–water partition coefficient (Wildman–Crippen LogP) is 3.29. The number of hydrazone groups is 1. The van der Waals surface area contributed by atoms with Gasteiger partial charge in [0.05, 0.1) is 11.4 Å². The second kappa shape index (κ2) is 8.19. The second-order valence-electron chi connectivity index (χ2n) is 6.61. The molecule has 7 nitrogen and oxygen atoms in total. The van der Waals surface area contributed by atoms with Gasteiger partial charge in [-0.1, -0.05) is 0 Å². The Morgan fingerprint density at radius 1 is 1.10 bits per heavy atom. The number of amides is 2. The summed E-state index contributed by atoms with van der Waals surface area (Å²) in [6.45, 7) is 0. The normalized spacial score (nSPS) is 15.6. The Labute approximate surface area is 178 Å². The van der Waals surface area contributed by atoms with Crippen LogP contribution in [0.4, 0.5) is 24.0 Å². The van der Waals surface area contributed by atoms with Crippen molar-refractivity contribution in [1.29, 1.82) is 0 Å². The maximum atomic E-state index is 13.9. The molecule has 3 N–H and O–H groups in total. The molecule has 1 aromatic heterocycles. The number of hydrogen-bond acceptors (Lipinski definition) is 6. The van der Waals surface area contributed by atoms with Crippen LogP contribution in [-0.2, 0) is 9.59 Å². The van der Waals surface area contributed by atoms with Gasteiger partial charge in [0.25, 0.3) is 5.91 Å². The lowest BCUT2D eigenvalue weighted by Gasteiger charge is -2.20. The van der Waals surface area contributed by atoms with Crippen LogP contribution < -0.4 is 16.1 Å². The molecule has 0 aliphatic carbocycles. The summed E-state index contributed by atoms with van der Waals surface area (Å²) in [4.78, 5) is 28.6. The summed E-state index contributed by atoms with van der Waals surface area (Å²) < 4.78 is 40.5. The van der Waals surface area contributed by atoms with E-state index in [9.17, 15) is 22.8 Å². The molecule has 0 fully saturated rings. The monoisotopic (exact) mass is 445 g/mol. The molecular weight excluding hydrogens is 431 g/mol. The highest BCUT2D eigenvalue weighted by atomic mass is 32.1. The Bertz CT molecular complexity index is 1200. The van der Waals surface area contributed by atoms with E-state index in [2.05, 4.69) is 15.4 Å². The summed E-state index contributed by atoms with van der Waals surface area (Å²) in [5, 5.41) is 9.56. The number of nitrogens with zero attached hydrogens (tertiary/aromatic N) is 3. The molecule has 0 saturated carbocycles. The minimum atomic E-state index is -0.917. The third kappa shape index (κ3) is 4.26. The zero-order valence-electron chi connectivity index (χ0n) is 15.7. The minimum absolute atomic E-state index is 0.0156. The predicted molar refractivity (Wildman–Crippen MR) is 110 cm³/mol. The zero-order chi connectivity index (χ0) is 22.1. The van der Waals surface area contributed by atoms with Gasteiger partial charge in [-0.05, 0) is 42.5 Å². The van der Waals surface area contributed by atoms with E-state index in [1.54, 1.807) is 0 Å². The number of halogens is 3. The van der Waals surface area contributed by atoms with Gasteiger partial charge in [0, 0.05) is 17.4 Å². The molecule has 1 atom stereocenters. The first-order valence-electron chi connectivity index (χ1n) is 8.95. The van der Waals surface area contributed by atoms with Gasteiger partial charge in [-0.25, -0.2) is 18.2 Å². The molecule has 0 spiro atoms. The zero-order valence-corrected chi connectivity index (χ0v) is 16.5. The molecule has 1 aliphatic heterocycles. The van der Waals surface area contributed by atoms with Crippen molar-refractivity contribution in [3.05, 3.63) is 65.3 Å². The van der Waals surface area contributed by atoms with Gasteiger partial charge in [0.15, 0.2) is 5.13 Å². The van der Waals surface area contributed by atoms with Gasteiger partial charge >= 0.3 is 0 Å². The number of rotatable bonds is 5. The molecular formula is C20H14F3N5O2S.